The summed E-state index contributed by atoms with van der Waals surface area (Å²) in [6, 6.07) is 0.304. The monoisotopic (exact) mass is 376 g/mol. The highest BCUT2D eigenvalue weighted by Crippen LogP contribution is 2.38. The van der Waals surface area contributed by atoms with Gasteiger partial charge in [0.15, 0.2) is 8.32 Å². The molecule has 1 rings (SSSR count). The van der Waals surface area contributed by atoms with Crippen molar-refractivity contribution in [2.75, 3.05) is 20.3 Å². The Morgan fingerprint density at radius 2 is 1.96 bits per heavy atom. The Labute approximate surface area is 154 Å². The van der Waals surface area contributed by atoms with E-state index in [2.05, 4.69) is 58.3 Å². The number of rotatable bonds is 8. The third-order valence-corrected chi connectivity index (χ3v) is 10.1. The molecule has 3 atom stereocenters. The highest BCUT2D eigenvalue weighted by Gasteiger charge is 2.41. The molecule has 1 saturated heterocycles. The van der Waals surface area contributed by atoms with Crippen molar-refractivity contribution in [3.05, 3.63) is 0 Å². The fraction of sp³-hybridized carbons (Fsp3) is 0.941. The average molecular weight is 377 g/mol. The van der Waals surface area contributed by atoms with Crippen molar-refractivity contribution in [1.29, 1.82) is 0 Å². The van der Waals surface area contributed by atoms with Crippen molar-refractivity contribution in [2.24, 2.45) is 5.92 Å². The van der Waals surface area contributed by atoms with E-state index in [1.165, 1.54) is 7.11 Å². The van der Waals surface area contributed by atoms with Crippen LogP contribution in [0, 0.1) is 5.92 Å². The van der Waals surface area contributed by atoms with Gasteiger partial charge in [-0.3, -0.25) is 0 Å². The first-order valence-corrected chi connectivity index (χ1v) is 12.2. The highest BCUT2D eigenvalue weighted by molar-refractivity contribution is 7.80. The summed E-state index contributed by atoms with van der Waals surface area (Å²) in [4.78, 5) is 10.6. The molecule has 0 unspecified atom stereocenters. The van der Waals surface area contributed by atoms with Crippen LogP contribution in [0.2, 0.25) is 18.1 Å². The topological polar surface area (TPSA) is 51.8 Å². The van der Waals surface area contributed by atoms with E-state index >= 15 is 0 Å². The van der Waals surface area contributed by atoms with Crippen LogP contribution in [0.4, 0.5) is 0 Å². The first-order chi connectivity index (χ1) is 11.0. The van der Waals surface area contributed by atoms with Gasteiger partial charge in [-0.25, -0.2) is 9.78 Å². The predicted octanol–water partition coefficient (Wildman–Crippen LogP) is 3.26. The molecular weight excluding hydrogens is 340 g/mol. The highest BCUT2D eigenvalue weighted by atomic mass is 32.1. The van der Waals surface area contributed by atoms with E-state index in [0.717, 1.165) is 18.0 Å². The lowest BCUT2D eigenvalue weighted by Crippen LogP contribution is -2.47. The molecule has 0 aliphatic carbocycles. The molecule has 1 fully saturated rings. The maximum atomic E-state index is 6.51. The summed E-state index contributed by atoms with van der Waals surface area (Å²) < 4.78 is 6.51. The second kappa shape index (κ2) is 9.05. The van der Waals surface area contributed by atoms with E-state index in [1.54, 1.807) is 0 Å². The van der Waals surface area contributed by atoms with Crippen LogP contribution in [0.15, 0.2) is 0 Å². The van der Waals surface area contributed by atoms with Gasteiger partial charge in [-0.05, 0) is 30.5 Å². The SMILES string of the molecule is COOC[C@@H](NC(=S)[C@@H]1C[C@@H](O[Si](C)(C)C(C)(C)C)CN1)C(C)C. The molecule has 24 heavy (non-hydrogen) atoms. The van der Waals surface area contributed by atoms with E-state index in [0.29, 0.717) is 12.5 Å². The molecule has 0 aromatic carbocycles. The minimum absolute atomic E-state index is 0.139. The van der Waals surface area contributed by atoms with Crippen LogP contribution in [-0.2, 0) is 14.2 Å². The summed E-state index contributed by atoms with van der Waals surface area (Å²) in [6.07, 6.45) is 1.16. The normalized spacial score (nSPS) is 23.5. The minimum Gasteiger partial charge on any atom is -0.413 e. The van der Waals surface area contributed by atoms with E-state index in [1.807, 2.05) is 0 Å². The second-order valence-corrected chi connectivity index (χ2v) is 13.7. The molecule has 1 aliphatic rings. The van der Waals surface area contributed by atoms with Crippen LogP contribution < -0.4 is 10.6 Å². The van der Waals surface area contributed by atoms with Gasteiger partial charge in [-0.1, -0.05) is 46.8 Å². The lowest BCUT2D eigenvalue weighted by Gasteiger charge is -2.38. The van der Waals surface area contributed by atoms with Crippen molar-refractivity contribution in [1.82, 2.24) is 10.6 Å². The van der Waals surface area contributed by atoms with Gasteiger partial charge in [-0.2, -0.15) is 0 Å². The maximum Gasteiger partial charge on any atom is 0.192 e. The predicted molar refractivity (Wildman–Crippen MR) is 106 cm³/mol. The molecule has 0 spiro atoms. The molecule has 0 aromatic rings. The molecule has 1 heterocycles. The zero-order valence-corrected chi connectivity index (χ0v) is 18.4. The van der Waals surface area contributed by atoms with E-state index in [-0.39, 0.29) is 23.2 Å². The summed E-state index contributed by atoms with van der Waals surface area (Å²) in [7, 11) is -0.217. The van der Waals surface area contributed by atoms with Gasteiger partial charge in [0.2, 0.25) is 0 Å². The molecule has 7 heteroatoms. The molecular formula is C17H36N2O3SSi. The molecule has 142 valence electrons. The number of thiocarbonyl (C=S) groups is 1. The van der Waals surface area contributed by atoms with Gasteiger partial charge < -0.3 is 15.1 Å². The Morgan fingerprint density at radius 3 is 2.46 bits per heavy atom. The summed E-state index contributed by atoms with van der Waals surface area (Å²) in [5.74, 6) is 0.402. The summed E-state index contributed by atoms with van der Waals surface area (Å²) in [6.45, 7) is 17.0. The van der Waals surface area contributed by atoms with Crippen LogP contribution in [0.25, 0.3) is 0 Å². The standard InChI is InChI=1S/C17H36N2O3SSi/c1-12(2)15(11-21-20-6)19-16(23)14-9-13(10-18-14)22-24(7,8)17(3,4)5/h12-15,18H,9-11H2,1-8H3,(H,19,23)/t13-,14+,15-/m1/s1. The van der Waals surface area contributed by atoms with Crippen LogP contribution >= 0.6 is 12.2 Å². The quantitative estimate of drug-likeness (QED) is 0.293. The van der Waals surface area contributed by atoms with Crippen LogP contribution in [0.1, 0.15) is 41.0 Å². The average Bonchev–Trinajstić information content (AvgIpc) is 2.89. The van der Waals surface area contributed by atoms with E-state index in [4.69, 9.17) is 26.4 Å². The summed E-state index contributed by atoms with van der Waals surface area (Å²) in [5.41, 5.74) is 0. The van der Waals surface area contributed by atoms with Gasteiger partial charge >= 0.3 is 0 Å². The lowest BCUT2D eigenvalue weighted by molar-refractivity contribution is -0.276. The Morgan fingerprint density at radius 1 is 1.33 bits per heavy atom. The van der Waals surface area contributed by atoms with Crippen molar-refractivity contribution >= 4 is 25.5 Å². The third kappa shape index (κ3) is 6.35. The fourth-order valence-corrected chi connectivity index (χ4v) is 4.11. The number of nitrogens with one attached hydrogen (secondary N) is 2. The Hall–Kier alpha value is -0.0531. The van der Waals surface area contributed by atoms with Crippen molar-refractivity contribution < 1.29 is 14.2 Å². The van der Waals surface area contributed by atoms with Crippen LogP contribution in [0.5, 0.6) is 0 Å². The largest absolute Gasteiger partial charge is 0.413 e. The minimum atomic E-state index is -1.74. The summed E-state index contributed by atoms with van der Waals surface area (Å²) in [5, 5.41) is 7.16. The van der Waals surface area contributed by atoms with Crippen LogP contribution in [-0.4, -0.2) is 51.8 Å². The van der Waals surface area contributed by atoms with Crippen molar-refractivity contribution in [3.8, 4) is 0 Å². The fourth-order valence-electron chi connectivity index (χ4n) is 2.41. The first-order valence-electron chi connectivity index (χ1n) is 8.85. The molecule has 1 aliphatic heterocycles. The van der Waals surface area contributed by atoms with Crippen LogP contribution in [0.3, 0.4) is 0 Å². The van der Waals surface area contributed by atoms with Gasteiger partial charge in [0, 0.05) is 6.54 Å². The third-order valence-electron chi connectivity index (χ3n) is 5.17. The maximum absolute atomic E-state index is 6.51. The molecule has 0 saturated carbocycles. The molecule has 2 N–H and O–H groups in total. The van der Waals surface area contributed by atoms with E-state index in [9.17, 15) is 0 Å². The lowest BCUT2D eigenvalue weighted by atomic mass is 10.0. The molecule has 5 nitrogen and oxygen atoms in total. The Bertz CT molecular complexity index is 413. The molecule has 0 amide bonds. The van der Waals surface area contributed by atoms with Crippen molar-refractivity contribution in [3.63, 3.8) is 0 Å². The van der Waals surface area contributed by atoms with Gasteiger partial charge in [-0.15, -0.1) is 0 Å². The smallest absolute Gasteiger partial charge is 0.192 e. The van der Waals surface area contributed by atoms with Gasteiger partial charge in [0.1, 0.15) is 6.61 Å². The van der Waals surface area contributed by atoms with E-state index < -0.39 is 8.32 Å². The Kier molecular flexibility index (Phi) is 8.29. The molecule has 0 bridgehead atoms. The first kappa shape index (κ1) is 22.0. The second-order valence-electron chi connectivity index (χ2n) is 8.51. The zero-order valence-electron chi connectivity index (χ0n) is 16.6. The zero-order chi connectivity index (χ0) is 18.5. The van der Waals surface area contributed by atoms with Gasteiger partial charge in [0.25, 0.3) is 0 Å². The Balaban J connectivity index is 2.54. The number of hydrogen-bond acceptors (Lipinski definition) is 5. The molecule has 0 aromatic heterocycles. The number of hydrogen-bond donors (Lipinski definition) is 2. The summed E-state index contributed by atoms with van der Waals surface area (Å²) >= 11 is 5.61. The molecule has 0 radical (unpaired) electrons. The van der Waals surface area contributed by atoms with Gasteiger partial charge in [0.05, 0.1) is 30.3 Å². The van der Waals surface area contributed by atoms with Crippen molar-refractivity contribution in [2.45, 2.75) is 77.4 Å².